The number of benzene rings is 2. The van der Waals surface area contributed by atoms with Crippen LogP contribution in [0.1, 0.15) is 39.8 Å². The molecule has 0 saturated heterocycles. The van der Waals surface area contributed by atoms with Crippen LogP contribution in [0.4, 0.5) is 4.39 Å². The van der Waals surface area contributed by atoms with Gasteiger partial charge in [0.2, 0.25) is 15.9 Å². The van der Waals surface area contributed by atoms with Gasteiger partial charge in [-0.05, 0) is 68.5 Å². The summed E-state index contributed by atoms with van der Waals surface area (Å²) in [6.07, 6.45) is -0.0321. The van der Waals surface area contributed by atoms with E-state index >= 15 is 0 Å². The summed E-state index contributed by atoms with van der Waals surface area (Å²) >= 11 is 0. The summed E-state index contributed by atoms with van der Waals surface area (Å²) in [5.41, 5.74) is 4.81. The molecule has 5 nitrogen and oxygen atoms in total. The van der Waals surface area contributed by atoms with Crippen molar-refractivity contribution in [3.63, 3.8) is 0 Å². The monoisotopic (exact) mass is 406 g/mol. The van der Waals surface area contributed by atoms with Gasteiger partial charge >= 0.3 is 0 Å². The lowest BCUT2D eigenvalue weighted by Gasteiger charge is -2.19. The molecule has 0 aliphatic heterocycles. The van der Waals surface area contributed by atoms with Crippen LogP contribution in [-0.4, -0.2) is 20.9 Å². The van der Waals surface area contributed by atoms with Crippen LogP contribution in [0.5, 0.6) is 0 Å². The molecule has 0 unspecified atom stereocenters. The zero-order valence-electron chi connectivity index (χ0n) is 16.9. The molecule has 152 valence electrons. The number of sulfonamides is 1. The Morgan fingerprint density at radius 3 is 2.04 bits per heavy atom. The molecule has 2 aromatic carbocycles. The molecular weight excluding hydrogens is 379 g/mol. The molecule has 2 aromatic rings. The van der Waals surface area contributed by atoms with E-state index in [1.54, 1.807) is 32.0 Å². The highest BCUT2D eigenvalue weighted by molar-refractivity contribution is 7.89. The van der Waals surface area contributed by atoms with Crippen LogP contribution in [0.15, 0.2) is 29.2 Å². The molecule has 2 rings (SSSR count). The summed E-state index contributed by atoms with van der Waals surface area (Å²) in [5.74, 6) is -0.741. The quantitative estimate of drug-likeness (QED) is 0.740. The molecule has 2 N–H and O–H groups in total. The van der Waals surface area contributed by atoms with Gasteiger partial charge in [0, 0.05) is 25.1 Å². The number of nitrogens with one attached hydrogen (secondary N) is 2. The average Bonchev–Trinajstić information content (AvgIpc) is 2.64. The maximum absolute atomic E-state index is 13.6. The van der Waals surface area contributed by atoms with Gasteiger partial charge in [0.25, 0.3) is 0 Å². The largest absolute Gasteiger partial charge is 0.352 e. The highest BCUT2D eigenvalue weighted by Crippen LogP contribution is 2.29. The SMILES string of the molecule is Cc1c(C)c(C)c(S(=O)(=O)NCCC(=O)NCc2ccccc2F)c(C)c1C. The minimum absolute atomic E-state index is 0.0315. The molecule has 0 radical (unpaired) electrons. The summed E-state index contributed by atoms with van der Waals surface area (Å²) in [5, 5.41) is 2.60. The molecule has 0 aliphatic rings. The normalized spacial score (nSPS) is 11.5. The van der Waals surface area contributed by atoms with Gasteiger partial charge in [-0.3, -0.25) is 4.79 Å². The van der Waals surface area contributed by atoms with Gasteiger partial charge in [-0.2, -0.15) is 0 Å². The van der Waals surface area contributed by atoms with E-state index in [2.05, 4.69) is 10.0 Å². The van der Waals surface area contributed by atoms with Crippen molar-refractivity contribution in [3.8, 4) is 0 Å². The third-order valence-electron chi connectivity index (χ3n) is 5.28. The third-order valence-corrected chi connectivity index (χ3v) is 7.01. The molecule has 0 atom stereocenters. The summed E-state index contributed by atoms with van der Waals surface area (Å²) < 4.78 is 41.7. The molecule has 0 spiro atoms. The first-order valence-corrected chi connectivity index (χ1v) is 10.6. The molecule has 28 heavy (non-hydrogen) atoms. The van der Waals surface area contributed by atoms with Crippen molar-refractivity contribution in [1.29, 1.82) is 0 Å². The van der Waals surface area contributed by atoms with Crippen LogP contribution < -0.4 is 10.0 Å². The fraction of sp³-hybridized carbons (Fsp3) is 0.381. The second kappa shape index (κ2) is 8.84. The summed E-state index contributed by atoms with van der Waals surface area (Å²) in [6, 6.07) is 6.18. The maximum Gasteiger partial charge on any atom is 0.241 e. The smallest absolute Gasteiger partial charge is 0.241 e. The highest BCUT2D eigenvalue weighted by atomic mass is 32.2. The Hall–Kier alpha value is -2.25. The first-order valence-electron chi connectivity index (χ1n) is 9.13. The van der Waals surface area contributed by atoms with E-state index in [9.17, 15) is 17.6 Å². The second-order valence-electron chi connectivity index (χ2n) is 6.97. The molecule has 0 bridgehead atoms. The minimum Gasteiger partial charge on any atom is -0.352 e. The predicted molar refractivity (Wildman–Crippen MR) is 108 cm³/mol. The molecule has 0 aliphatic carbocycles. The van der Waals surface area contributed by atoms with E-state index in [0.717, 1.165) is 27.8 Å². The van der Waals surface area contributed by atoms with E-state index in [1.165, 1.54) is 6.07 Å². The Morgan fingerprint density at radius 1 is 0.929 bits per heavy atom. The number of hydrogen-bond acceptors (Lipinski definition) is 3. The van der Waals surface area contributed by atoms with Crippen molar-refractivity contribution in [1.82, 2.24) is 10.0 Å². The first kappa shape index (κ1) is 22.0. The highest BCUT2D eigenvalue weighted by Gasteiger charge is 2.23. The lowest BCUT2D eigenvalue weighted by Crippen LogP contribution is -2.31. The van der Waals surface area contributed by atoms with E-state index < -0.39 is 10.0 Å². The number of halogens is 1. The van der Waals surface area contributed by atoms with E-state index in [1.807, 2.05) is 20.8 Å². The Labute approximate surface area is 166 Å². The number of amides is 1. The minimum atomic E-state index is -3.74. The van der Waals surface area contributed by atoms with Gasteiger partial charge in [-0.15, -0.1) is 0 Å². The fourth-order valence-corrected chi connectivity index (χ4v) is 4.79. The van der Waals surface area contributed by atoms with Crippen LogP contribution in [-0.2, 0) is 21.4 Å². The van der Waals surface area contributed by atoms with Crippen molar-refractivity contribution >= 4 is 15.9 Å². The second-order valence-corrected chi connectivity index (χ2v) is 8.67. The average molecular weight is 407 g/mol. The molecular formula is C21H27FN2O3S. The Balaban J connectivity index is 2.01. The van der Waals surface area contributed by atoms with Crippen LogP contribution >= 0.6 is 0 Å². The Kier molecular flexibility index (Phi) is 6.96. The molecule has 0 saturated carbocycles. The lowest BCUT2D eigenvalue weighted by molar-refractivity contribution is -0.121. The van der Waals surface area contributed by atoms with Crippen molar-refractivity contribution < 1.29 is 17.6 Å². The zero-order valence-corrected chi connectivity index (χ0v) is 17.8. The van der Waals surface area contributed by atoms with Crippen LogP contribution in [0, 0.1) is 40.4 Å². The van der Waals surface area contributed by atoms with Crippen molar-refractivity contribution in [3.05, 3.63) is 63.5 Å². The maximum atomic E-state index is 13.6. The van der Waals surface area contributed by atoms with Crippen LogP contribution in [0.3, 0.4) is 0 Å². The van der Waals surface area contributed by atoms with Crippen molar-refractivity contribution in [2.75, 3.05) is 6.54 Å². The van der Waals surface area contributed by atoms with Crippen LogP contribution in [0.25, 0.3) is 0 Å². The Morgan fingerprint density at radius 2 is 1.46 bits per heavy atom. The van der Waals surface area contributed by atoms with E-state index in [-0.39, 0.29) is 36.1 Å². The van der Waals surface area contributed by atoms with Crippen molar-refractivity contribution in [2.45, 2.75) is 52.5 Å². The topological polar surface area (TPSA) is 75.3 Å². The fourth-order valence-electron chi connectivity index (χ4n) is 3.16. The van der Waals surface area contributed by atoms with Gasteiger partial charge < -0.3 is 5.32 Å². The molecule has 0 heterocycles. The number of carbonyl (C=O) groups is 1. The lowest BCUT2D eigenvalue weighted by atomic mass is 9.95. The van der Waals surface area contributed by atoms with Gasteiger partial charge in [-0.1, -0.05) is 18.2 Å². The van der Waals surface area contributed by atoms with E-state index in [4.69, 9.17) is 0 Å². The zero-order chi connectivity index (χ0) is 21.1. The molecule has 7 heteroatoms. The van der Waals surface area contributed by atoms with Gasteiger partial charge in [0.05, 0.1) is 4.90 Å². The first-order chi connectivity index (χ1) is 13.1. The van der Waals surface area contributed by atoms with Gasteiger partial charge in [-0.25, -0.2) is 17.5 Å². The summed E-state index contributed by atoms with van der Waals surface area (Å²) in [7, 11) is -3.74. The third kappa shape index (κ3) is 4.77. The van der Waals surface area contributed by atoms with Crippen molar-refractivity contribution in [2.24, 2.45) is 0 Å². The Bertz CT molecular complexity index is 972. The van der Waals surface area contributed by atoms with Gasteiger partial charge in [0.15, 0.2) is 0 Å². The van der Waals surface area contributed by atoms with E-state index in [0.29, 0.717) is 5.56 Å². The standard InChI is InChI=1S/C21H27FN2O3S/c1-13-14(2)16(4)21(17(5)15(13)3)28(26,27)24-11-10-20(25)23-12-18-8-6-7-9-19(18)22/h6-9,24H,10-12H2,1-5H3,(H,23,25). The predicted octanol–water partition coefficient (Wildman–Crippen LogP) is 3.35. The van der Waals surface area contributed by atoms with Crippen LogP contribution in [0.2, 0.25) is 0 Å². The molecule has 0 fully saturated rings. The molecule has 0 aromatic heterocycles. The molecule has 1 amide bonds. The number of rotatable bonds is 7. The van der Waals surface area contributed by atoms with Gasteiger partial charge in [0.1, 0.15) is 5.82 Å². The summed E-state index contributed by atoms with van der Waals surface area (Å²) in [6.45, 7) is 9.42. The number of carbonyl (C=O) groups excluding carboxylic acids is 1. The summed E-state index contributed by atoms with van der Waals surface area (Å²) in [4.78, 5) is 12.2. The number of hydrogen-bond donors (Lipinski definition) is 2.